The van der Waals surface area contributed by atoms with E-state index < -0.39 is 11.9 Å². The summed E-state index contributed by atoms with van der Waals surface area (Å²) in [5.41, 5.74) is 1.62. The van der Waals surface area contributed by atoms with Gasteiger partial charge in [-0.3, -0.25) is 9.80 Å². The minimum Gasteiger partial charge on any atom is -0.430 e. The molecule has 0 N–H and O–H groups in total. The first-order chi connectivity index (χ1) is 12.0. The number of hydrogen-bond acceptors (Lipinski definition) is 3. The second-order valence-electron chi connectivity index (χ2n) is 6.19. The Morgan fingerprint density at radius 1 is 1.16 bits per heavy atom. The molecule has 132 valence electrons. The van der Waals surface area contributed by atoms with E-state index in [1.54, 1.807) is 19.2 Å². The van der Waals surface area contributed by atoms with Crippen molar-refractivity contribution in [3.8, 4) is 11.1 Å². The highest BCUT2D eigenvalue weighted by Crippen LogP contribution is 2.32. The molecule has 0 saturated carbocycles. The molecule has 2 aromatic rings. The van der Waals surface area contributed by atoms with Crippen molar-refractivity contribution in [3.63, 3.8) is 0 Å². The number of ether oxygens (including phenoxy) is 1. The first-order valence-electron chi connectivity index (χ1n) is 8.16. The van der Waals surface area contributed by atoms with Crippen molar-refractivity contribution in [1.29, 1.82) is 0 Å². The summed E-state index contributed by atoms with van der Waals surface area (Å²) in [6.45, 7) is 0.888. The minimum absolute atomic E-state index is 0.246. The number of halogens is 2. The van der Waals surface area contributed by atoms with Crippen molar-refractivity contribution in [1.82, 2.24) is 4.90 Å². The lowest BCUT2D eigenvalue weighted by atomic mass is 10.0. The van der Waals surface area contributed by atoms with E-state index in [4.69, 9.17) is 4.74 Å². The van der Waals surface area contributed by atoms with Crippen LogP contribution in [0.5, 0.6) is 0 Å². The Morgan fingerprint density at radius 3 is 2.48 bits per heavy atom. The molecule has 6 heteroatoms. The van der Waals surface area contributed by atoms with Gasteiger partial charge < -0.3 is 4.74 Å². The molecule has 0 spiro atoms. The zero-order valence-corrected chi connectivity index (χ0v) is 14.2. The number of rotatable bonds is 3. The molecule has 0 unspecified atom stereocenters. The molecule has 0 aliphatic carbocycles. The maximum absolute atomic E-state index is 13.7. The van der Waals surface area contributed by atoms with Gasteiger partial charge in [0.2, 0.25) is 0 Å². The molecule has 3 rings (SSSR count). The van der Waals surface area contributed by atoms with Crippen LogP contribution in [0.2, 0.25) is 0 Å². The first-order valence-corrected chi connectivity index (χ1v) is 8.16. The highest BCUT2D eigenvalue weighted by atomic mass is 19.1. The van der Waals surface area contributed by atoms with Crippen molar-refractivity contribution in [2.75, 3.05) is 25.5 Å². The van der Waals surface area contributed by atoms with Gasteiger partial charge in [-0.1, -0.05) is 12.1 Å². The van der Waals surface area contributed by atoms with Crippen molar-refractivity contribution in [2.24, 2.45) is 0 Å². The molecule has 1 heterocycles. The van der Waals surface area contributed by atoms with E-state index >= 15 is 0 Å². The van der Waals surface area contributed by atoms with E-state index in [0.29, 0.717) is 16.8 Å². The van der Waals surface area contributed by atoms with Crippen LogP contribution in [0.15, 0.2) is 42.5 Å². The lowest BCUT2D eigenvalue weighted by Crippen LogP contribution is -2.36. The Kier molecular flexibility index (Phi) is 4.99. The summed E-state index contributed by atoms with van der Waals surface area (Å²) in [7, 11) is 3.49. The van der Waals surface area contributed by atoms with Gasteiger partial charge in [0.15, 0.2) is 6.23 Å². The smallest absolute Gasteiger partial charge is 0.415 e. The summed E-state index contributed by atoms with van der Waals surface area (Å²) in [6, 6.07) is 9.84. The summed E-state index contributed by atoms with van der Waals surface area (Å²) < 4.78 is 32.4. The summed E-state index contributed by atoms with van der Waals surface area (Å²) in [6.07, 6.45) is 1.03. The van der Waals surface area contributed by atoms with Crippen LogP contribution in [0, 0.1) is 11.6 Å². The van der Waals surface area contributed by atoms with E-state index in [2.05, 4.69) is 0 Å². The maximum Gasteiger partial charge on any atom is 0.415 e. The van der Waals surface area contributed by atoms with Crippen LogP contribution in [0.4, 0.5) is 19.3 Å². The average molecular weight is 346 g/mol. The lowest BCUT2D eigenvalue weighted by molar-refractivity contribution is 0.0315. The Bertz CT molecular complexity index is 765. The number of nitrogens with zero attached hydrogens (tertiary/aromatic N) is 2. The van der Waals surface area contributed by atoms with Gasteiger partial charge in [0.25, 0.3) is 0 Å². The van der Waals surface area contributed by atoms with Crippen molar-refractivity contribution < 1.29 is 18.3 Å². The Balaban J connectivity index is 1.88. The number of carbonyl (C=O) groups excluding carboxylic acids is 1. The van der Waals surface area contributed by atoms with E-state index in [0.717, 1.165) is 19.4 Å². The molecule has 25 heavy (non-hydrogen) atoms. The predicted molar refractivity (Wildman–Crippen MR) is 92.3 cm³/mol. The zero-order chi connectivity index (χ0) is 18.0. The molecule has 0 aromatic heterocycles. The second kappa shape index (κ2) is 7.19. The molecular weight excluding hydrogens is 326 g/mol. The van der Waals surface area contributed by atoms with Gasteiger partial charge in [0.05, 0.1) is 5.69 Å². The predicted octanol–water partition coefficient (Wildman–Crippen LogP) is 4.26. The highest BCUT2D eigenvalue weighted by molar-refractivity contribution is 5.93. The van der Waals surface area contributed by atoms with Crippen molar-refractivity contribution >= 4 is 11.8 Å². The van der Waals surface area contributed by atoms with Crippen LogP contribution >= 0.6 is 0 Å². The summed E-state index contributed by atoms with van der Waals surface area (Å²) in [5, 5.41) is 0. The fourth-order valence-corrected chi connectivity index (χ4v) is 2.98. The number of anilines is 1. The SMILES string of the molecule is CN(C(=O)O[C@H]1CCCN1C)c1ccc(F)cc1-c1ccc(F)cc1. The van der Waals surface area contributed by atoms with E-state index in [9.17, 15) is 13.6 Å². The third-order valence-electron chi connectivity index (χ3n) is 4.44. The second-order valence-corrected chi connectivity index (χ2v) is 6.19. The topological polar surface area (TPSA) is 32.8 Å². The minimum atomic E-state index is -0.506. The van der Waals surface area contributed by atoms with Gasteiger partial charge in [0.1, 0.15) is 11.6 Å². The van der Waals surface area contributed by atoms with Gasteiger partial charge in [-0.25, -0.2) is 13.6 Å². The average Bonchev–Trinajstić information content (AvgIpc) is 2.99. The quantitative estimate of drug-likeness (QED) is 0.833. The number of benzene rings is 2. The summed E-state index contributed by atoms with van der Waals surface area (Å²) in [5.74, 6) is -0.806. The van der Waals surface area contributed by atoms with E-state index in [1.165, 1.54) is 35.2 Å². The molecule has 0 bridgehead atoms. The van der Waals surface area contributed by atoms with Gasteiger partial charge in [-0.05, 0) is 55.8 Å². The Hall–Kier alpha value is -2.47. The Morgan fingerprint density at radius 2 is 1.84 bits per heavy atom. The monoisotopic (exact) mass is 346 g/mol. The van der Waals surface area contributed by atoms with Crippen LogP contribution in [-0.4, -0.2) is 37.9 Å². The van der Waals surface area contributed by atoms with Gasteiger partial charge >= 0.3 is 6.09 Å². The van der Waals surface area contributed by atoms with Crippen LogP contribution in [0.1, 0.15) is 12.8 Å². The maximum atomic E-state index is 13.7. The number of likely N-dealkylation sites (tertiary alicyclic amines) is 1. The van der Waals surface area contributed by atoms with Gasteiger partial charge in [-0.15, -0.1) is 0 Å². The fraction of sp³-hybridized carbons (Fsp3) is 0.316. The molecule has 1 aliphatic rings. The Labute approximate surface area is 145 Å². The molecule has 2 aromatic carbocycles. The molecule has 1 aliphatic heterocycles. The normalized spacial score (nSPS) is 17.5. The van der Waals surface area contributed by atoms with Crippen LogP contribution in [0.3, 0.4) is 0 Å². The van der Waals surface area contributed by atoms with Crippen LogP contribution < -0.4 is 4.90 Å². The molecular formula is C19H20F2N2O2. The molecule has 0 radical (unpaired) electrons. The third kappa shape index (κ3) is 3.79. The first kappa shape index (κ1) is 17.4. The van der Waals surface area contributed by atoms with Gasteiger partial charge in [0, 0.05) is 19.2 Å². The lowest BCUT2D eigenvalue weighted by Gasteiger charge is -2.25. The highest BCUT2D eigenvalue weighted by Gasteiger charge is 2.27. The largest absolute Gasteiger partial charge is 0.430 e. The van der Waals surface area contributed by atoms with E-state index in [-0.39, 0.29) is 12.0 Å². The van der Waals surface area contributed by atoms with Crippen LogP contribution in [0.25, 0.3) is 11.1 Å². The number of amides is 1. The summed E-state index contributed by atoms with van der Waals surface area (Å²) in [4.78, 5) is 15.8. The molecule has 1 amide bonds. The molecule has 1 fully saturated rings. The van der Waals surface area contributed by atoms with Crippen LogP contribution in [-0.2, 0) is 4.74 Å². The number of carbonyl (C=O) groups is 1. The molecule has 1 saturated heterocycles. The van der Waals surface area contributed by atoms with E-state index in [1.807, 2.05) is 11.9 Å². The van der Waals surface area contributed by atoms with Gasteiger partial charge in [-0.2, -0.15) is 0 Å². The van der Waals surface area contributed by atoms with Crippen molar-refractivity contribution in [3.05, 3.63) is 54.1 Å². The summed E-state index contributed by atoms with van der Waals surface area (Å²) >= 11 is 0. The van der Waals surface area contributed by atoms with Crippen molar-refractivity contribution in [2.45, 2.75) is 19.1 Å². The molecule has 4 nitrogen and oxygen atoms in total. The number of hydrogen-bond donors (Lipinski definition) is 0. The molecule has 1 atom stereocenters. The standard InChI is InChI=1S/C19H20F2N2O2/c1-22-11-3-4-18(22)25-19(24)23(2)17-10-9-15(21)12-16(17)13-5-7-14(20)8-6-13/h5-10,12,18H,3-4,11H2,1-2H3/t18-/m0/s1. The zero-order valence-electron chi connectivity index (χ0n) is 14.2. The third-order valence-corrected chi connectivity index (χ3v) is 4.44. The fourth-order valence-electron chi connectivity index (χ4n) is 2.98.